The van der Waals surface area contributed by atoms with E-state index in [0.717, 1.165) is 5.75 Å². The number of halogens is 1. The Labute approximate surface area is 324 Å². The molecule has 0 aliphatic rings. The second kappa shape index (κ2) is 21.4. The van der Waals surface area contributed by atoms with Gasteiger partial charge < -0.3 is 34.9 Å². The highest BCUT2D eigenvalue weighted by molar-refractivity contribution is 14.1. The second-order valence-corrected chi connectivity index (χ2v) is 14.1. The zero-order valence-corrected chi connectivity index (χ0v) is 32.4. The molecule has 0 aromatic heterocycles. The molecule has 0 fully saturated rings. The number of anilines is 2. The quantitative estimate of drug-likeness (QED) is 0.0331. The monoisotopic (exact) mass is 835 g/mol. The largest absolute Gasteiger partial charge is 0.494 e. The fraction of sp³-hybridized carbons (Fsp3) is 0.317. The molecule has 280 valence electrons. The number of nitrogens with one attached hydrogen (secondary N) is 3. The number of hydrogen-bond acceptors (Lipinski definition) is 8. The van der Waals surface area contributed by atoms with Crippen LogP contribution in [-0.2, 0) is 9.59 Å². The van der Waals surface area contributed by atoms with Gasteiger partial charge in [-0.25, -0.2) is 0 Å². The van der Waals surface area contributed by atoms with E-state index in [1.807, 2.05) is 45.0 Å². The molecule has 3 N–H and O–H groups in total. The van der Waals surface area contributed by atoms with Crippen molar-refractivity contribution in [3.05, 3.63) is 108 Å². The third-order valence-corrected chi connectivity index (χ3v) is 7.90. The summed E-state index contributed by atoms with van der Waals surface area (Å²) in [5.41, 5.74) is 2.34. The maximum Gasteiger partial charge on any atom is 0.251 e. The van der Waals surface area contributed by atoms with Crippen LogP contribution in [0.3, 0.4) is 0 Å². The van der Waals surface area contributed by atoms with Gasteiger partial charge in [0.15, 0.2) is 5.78 Å². The molecular formula is C41H46IN3O8. The number of rotatable bonds is 21. The summed E-state index contributed by atoms with van der Waals surface area (Å²) in [7, 11) is 0. The van der Waals surface area contributed by atoms with Crippen LogP contribution in [0.25, 0.3) is 0 Å². The average Bonchev–Trinajstić information content (AvgIpc) is 3.15. The molecule has 53 heavy (non-hydrogen) atoms. The molecule has 0 heterocycles. The predicted octanol–water partition coefficient (Wildman–Crippen LogP) is 8.09. The van der Waals surface area contributed by atoms with E-state index in [1.54, 1.807) is 72.8 Å². The maximum absolute atomic E-state index is 12.6. The lowest BCUT2D eigenvalue weighted by molar-refractivity contribution is -0.117. The van der Waals surface area contributed by atoms with Crippen LogP contribution in [0, 0.1) is 5.92 Å². The Balaban J connectivity index is 1.04. The lowest BCUT2D eigenvalue weighted by Gasteiger charge is -2.11. The van der Waals surface area contributed by atoms with E-state index in [1.165, 1.54) is 0 Å². The number of carbonyl (C=O) groups excluding carboxylic acids is 4. The van der Waals surface area contributed by atoms with Crippen molar-refractivity contribution in [3.8, 4) is 23.0 Å². The van der Waals surface area contributed by atoms with E-state index in [2.05, 4.69) is 38.5 Å². The number of amides is 3. The summed E-state index contributed by atoms with van der Waals surface area (Å²) in [6, 6.07) is 28.1. The minimum atomic E-state index is -0.250. The minimum Gasteiger partial charge on any atom is -0.494 e. The smallest absolute Gasteiger partial charge is 0.251 e. The van der Waals surface area contributed by atoms with E-state index in [9.17, 15) is 19.2 Å². The highest BCUT2D eigenvalue weighted by atomic mass is 127. The van der Waals surface area contributed by atoms with Gasteiger partial charge in [-0.15, -0.1) is 0 Å². The van der Waals surface area contributed by atoms with Crippen molar-refractivity contribution in [1.82, 2.24) is 5.32 Å². The van der Waals surface area contributed by atoms with Crippen LogP contribution in [0.15, 0.2) is 97.1 Å². The van der Waals surface area contributed by atoms with Gasteiger partial charge in [0.2, 0.25) is 11.8 Å². The van der Waals surface area contributed by atoms with Gasteiger partial charge in [0.05, 0.1) is 19.8 Å². The van der Waals surface area contributed by atoms with Crippen molar-refractivity contribution in [2.24, 2.45) is 5.92 Å². The number of alkyl halides is 1. The first-order valence-electron chi connectivity index (χ1n) is 17.6. The van der Waals surface area contributed by atoms with Crippen LogP contribution in [0.4, 0.5) is 11.4 Å². The van der Waals surface area contributed by atoms with Crippen LogP contribution in [0.5, 0.6) is 23.0 Å². The van der Waals surface area contributed by atoms with E-state index < -0.39 is 0 Å². The van der Waals surface area contributed by atoms with Gasteiger partial charge >= 0.3 is 0 Å². The van der Waals surface area contributed by atoms with E-state index in [0.29, 0.717) is 85.2 Å². The van der Waals surface area contributed by atoms with E-state index in [-0.39, 0.29) is 40.1 Å². The summed E-state index contributed by atoms with van der Waals surface area (Å²) in [5.74, 6) is 2.25. The second-order valence-electron chi connectivity index (χ2n) is 12.4. The molecule has 0 bridgehead atoms. The Hall–Kier alpha value is -5.11. The number of hydrogen-bond donors (Lipinski definition) is 3. The molecule has 4 aromatic carbocycles. The van der Waals surface area contributed by atoms with Crippen LogP contribution < -0.4 is 34.9 Å². The minimum absolute atomic E-state index is 0.0680. The lowest BCUT2D eigenvalue weighted by Crippen LogP contribution is -2.28. The lowest BCUT2D eigenvalue weighted by atomic mass is 10.0. The Kier molecular flexibility index (Phi) is 16.4. The van der Waals surface area contributed by atoms with E-state index in [4.69, 9.17) is 18.9 Å². The van der Waals surface area contributed by atoms with Crippen molar-refractivity contribution < 1.29 is 38.1 Å². The van der Waals surface area contributed by atoms with Crippen molar-refractivity contribution in [2.45, 2.75) is 50.6 Å². The molecule has 0 aliphatic heterocycles. The summed E-state index contributed by atoms with van der Waals surface area (Å²) < 4.78 is 22.9. The standard InChI is InChI=1S/C41H46IN3O8/c1-28(2)40(48)30-8-12-32(13-9-30)44-38(46)6-4-25-50-34-16-18-36(19-17-34)52-27-24-43-41(49)31-10-14-33(15-11-31)45-39(47)7-5-26-51-35-20-22-37(23-21-35)53-29(3)42/h8-23,28-29H,4-7,24-27H2,1-3H3,(H,43,49)(H,44,46)(H,45,47). The summed E-state index contributed by atoms with van der Waals surface area (Å²) in [6.45, 7) is 7.02. The molecule has 0 aliphatic carbocycles. The van der Waals surface area contributed by atoms with Crippen LogP contribution >= 0.6 is 22.6 Å². The van der Waals surface area contributed by atoms with Gasteiger partial charge in [0, 0.05) is 41.3 Å². The van der Waals surface area contributed by atoms with Gasteiger partial charge in [-0.3, -0.25) is 19.2 Å². The SMILES string of the molecule is CC(I)Oc1ccc(OCCCC(=O)Nc2ccc(C(=O)NCCOc3ccc(OCCCC(=O)Nc4ccc(C(=O)C(C)C)cc4)cc3)cc2)cc1. The number of ketones is 1. The molecule has 1 atom stereocenters. The third-order valence-electron chi connectivity index (χ3n) is 7.64. The van der Waals surface area contributed by atoms with Crippen molar-refractivity contribution in [1.29, 1.82) is 0 Å². The zero-order valence-electron chi connectivity index (χ0n) is 30.2. The molecule has 3 amide bonds. The first kappa shape index (κ1) is 40.7. The van der Waals surface area contributed by atoms with Crippen molar-refractivity contribution in [3.63, 3.8) is 0 Å². The molecule has 4 rings (SSSR count). The van der Waals surface area contributed by atoms with Crippen molar-refractivity contribution in [2.75, 3.05) is 37.0 Å². The summed E-state index contributed by atoms with van der Waals surface area (Å²) >= 11 is 2.19. The van der Waals surface area contributed by atoms with Gasteiger partial charge in [-0.2, -0.15) is 0 Å². The predicted molar refractivity (Wildman–Crippen MR) is 214 cm³/mol. The summed E-state index contributed by atoms with van der Waals surface area (Å²) in [6.07, 6.45) is 1.68. The normalized spacial score (nSPS) is 11.3. The number of Topliss-reactive ketones (excluding diaryl/α,β-unsaturated/α-hetero) is 1. The molecule has 0 saturated heterocycles. The summed E-state index contributed by atoms with van der Waals surface area (Å²) in [5, 5.41) is 8.51. The molecule has 11 nitrogen and oxygen atoms in total. The fourth-order valence-corrected chi connectivity index (χ4v) is 5.21. The summed E-state index contributed by atoms with van der Waals surface area (Å²) in [4.78, 5) is 49.3. The first-order valence-corrected chi connectivity index (χ1v) is 18.8. The maximum atomic E-state index is 12.6. The molecular weight excluding hydrogens is 789 g/mol. The van der Waals surface area contributed by atoms with Crippen LogP contribution in [0.1, 0.15) is 67.2 Å². The van der Waals surface area contributed by atoms with Gasteiger partial charge in [0.25, 0.3) is 5.91 Å². The Morgan fingerprint density at radius 3 is 1.42 bits per heavy atom. The van der Waals surface area contributed by atoms with Gasteiger partial charge in [-0.05, 0) is 139 Å². The van der Waals surface area contributed by atoms with Crippen LogP contribution in [0.2, 0.25) is 0 Å². The Morgan fingerprint density at radius 1 is 0.566 bits per heavy atom. The van der Waals surface area contributed by atoms with Gasteiger partial charge in [0.1, 0.15) is 33.7 Å². The zero-order chi connectivity index (χ0) is 38.0. The molecule has 0 radical (unpaired) electrons. The molecule has 4 aromatic rings. The van der Waals surface area contributed by atoms with Gasteiger partial charge in [-0.1, -0.05) is 13.8 Å². The van der Waals surface area contributed by atoms with E-state index >= 15 is 0 Å². The Morgan fingerprint density at radius 2 is 0.981 bits per heavy atom. The average molecular weight is 836 g/mol. The van der Waals surface area contributed by atoms with Crippen LogP contribution in [-0.4, -0.2) is 54.0 Å². The molecule has 0 saturated carbocycles. The fourth-order valence-electron chi connectivity index (χ4n) is 4.92. The topological polar surface area (TPSA) is 141 Å². The first-order chi connectivity index (χ1) is 25.5. The molecule has 1 unspecified atom stereocenters. The highest BCUT2D eigenvalue weighted by Gasteiger charge is 2.11. The number of benzene rings is 4. The number of ether oxygens (including phenoxy) is 4. The number of carbonyl (C=O) groups is 4. The van der Waals surface area contributed by atoms with Crippen molar-refractivity contribution >= 4 is 57.5 Å². The third kappa shape index (κ3) is 14.8. The molecule has 12 heteroatoms. The molecule has 0 spiro atoms. The highest BCUT2D eigenvalue weighted by Crippen LogP contribution is 2.21. The Bertz CT molecular complexity index is 1760.